The standard InChI is InChI=1S/C28H33N3O3/c1-19-23(16-25(32)33)27(31-14-12-28(3,4)13-15-31)26(20(2)30-19)22-10-11-24(29-17-22)34-18-21-8-6-5-7-9-21/h5-11,17H,12-16,18H2,1-4H3,(H,32,33). The van der Waals surface area contributed by atoms with Crippen LogP contribution in [0.25, 0.3) is 11.1 Å². The van der Waals surface area contributed by atoms with Crippen LogP contribution in [-0.2, 0) is 17.8 Å². The van der Waals surface area contributed by atoms with E-state index in [1.807, 2.05) is 62.5 Å². The molecule has 3 aromatic rings. The number of piperidine rings is 1. The van der Waals surface area contributed by atoms with E-state index in [1.54, 1.807) is 0 Å². The fourth-order valence-corrected chi connectivity index (χ4v) is 4.61. The number of pyridine rings is 2. The average molecular weight is 460 g/mol. The molecule has 34 heavy (non-hydrogen) atoms. The van der Waals surface area contributed by atoms with Crippen molar-refractivity contribution in [2.75, 3.05) is 18.0 Å². The molecule has 0 aliphatic carbocycles. The number of carbonyl (C=O) groups is 1. The van der Waals surface area contributed by atoms with Gasteiger partial charge in [-0.15, -0.1) is 0 Å². The first kappa shape index (κ1) is 23.7. The average Bonchev–Trinajstić information content (AvgIpc) is 2.80. The second-order valence-corrected chi connectivity index (χ2v) is 9.87. The molecule has 1 aromatic carbocycles. The van der Waals surface area contributed by atoms with Gasteiger partial charge in [0.25, 0.3) is 0 Å². The van der Waals surface area contributed by atoms with Crippen molar-refractivity contribution in [3.05, 3.63) is 71.2 Å². The maximum atomic E-state index is 11.8. The monoisotopic (exact) mass is 459 g/mol. The third-order valence-electron chi connectivity index (χ3n) is 6.67. The molecule has 0 saturated carbocycles. The van der Waals surface area contributed by atoms with Crippen molar-refractivity contribution in [2.45, 2.75) is 53.6 Å². The Labute approximate surface area is 201 Å². The van der Waals surface area contributed by atoms with Gasteiger partial charge in [0.05, 0.1) is 12.1 Å². The zero-order valence-electron chi connectivity index (χ0n) is 20.5. The Kier molecular flexibility index (Phi) is 6.87. The Balaban J connectivity index is 1.69. The number of carboxylic acids is 1. The van der Waals surface area contributed by atoms with Gasteiger partial charge in [-0.25, -0.2) is 4.98 Å². The molecule has 1 N–H and O–H groups in total. The van der Waals surface area contributed by atoms with E-state index in [2.05, 4.69) is 23.7 Å². The number of carboxylic acid groups (broad SMARTS) is 1. The zero-order chi connectivity index (χ0) is 24.3. The molecule has 1 saturated heterocycles. The van der Waals surface area contributed by atoms with E-state index in [0.29, 0.717) is 17.9 Å². The minimum Gasteiger partial charge on any atom is -0.481 e. The van der Waals surface area contributed by atoms with Gasteiger partial charge < -0.3 is 14.7 Å². The van der Waals surface area contributed by atoms with Crippen molar-refractivity contribution in [1.82, 2.24) is 9.97 Å². The summed E-state index contributed by atoms with van der Waals surface area (Å²) in [5.74, 6) is -0.293. The lowest BCUT2D eigenvalue weighted by molar-refractivity contribution is -0.136. The molecule has 0 spiro atoms. The molecule has 1 aliphatic rings. The Morgan fingerprint density at radius 3 is 2.38 bits per heavy atom. The molecule has 6 heteroatoms. The molecular formula is C28H33N3O3. The van der Waals surface area contributed by atoms with Crippen LogP contribution in [0.4, 0.5) is 5.69 Å². The van der Waals surface area contributed by atoms with Crippen molar-refractivity contribution in [3.8, 4) is 17.0 Å². The third-order valence-corrected chi connectivity index (χ3v) is 6.67. The normalized spacial score (nSPS) is 15.2. The fourth-order valence-electron chi connectivity index (χ4n) is 4.61. The summed E-state index contributed by atoms with van der Waals surface area (Å²) in [7, 11) is 0. The number of anilines is 1. The van der Waals surface area contributed by atoms with E-state index < -0.39 is 5.97 Å². The highest BCUT2D eigenvalue weighted by Crippen LogP contribution is 2.41. The summed E-state index contributed by atoms with van der Waals surface area (Å²) in [6, 6.07) is 13.9. The summed E-state index contributed by atoms with van der Waals surface area (Å²) < 4.78 is 5.86. The number of aromatic nitrogens is 2. The third kappa shape index (κ3) is 5.38. The predicted octanol–water partition coefficient (Wildman–Crippen LogP) is 5.59. The van der Waals surface area contributed by atoms with Crippen LogP contribution in [-0.4, -0.2) is 34.1 Å². The highest BCUT2D eigenvalue weighted by Gasteiger charge is 2.30. The van der Waals surface area contributed by atoms with E-state index in [0.717, 1.165) is 65.3 Å². The van der Waals surface area contributed by atoms with Gasteiger partial charge in [-0.05, 0) is 43.7 Å². The highest BCUT2D eigenvalue weighted by atomic mass is 16.5. The number of rotatable bonds is 7. The van der Waals surface area contributed by atoms with Gasteiger partial charge in [0.2, 0.25) is 5.88 Å². The Hall–Kier alpha value is -3.41. The van der Waals surface area contributed by atoms with Crippen molar-refractivity contribution >= 4 is 11.7 Å². The van der Waals surface area contributed by atoms with E-state index in [-0.39, 0.29) is 6.42 Å². The van der Waals surface area contributed by atoms with Crippen LogP contribution in [0.2, 0.25) is 0 Å². The summed E-state index contributed by atoms with van der Waals surface area (Å²) >= 11 is 0. The summed E-state index contributed by atoms with van der Waals surface area (Å²) in [6.07, 6.45) is 3.88. The van der Waals surface area contributed by atoms with Crippen molar-refractivity contribution in [2.24, 2.45) is 5.41 Å². The lowest BCUT2D eigenvalue weighted by Gasteiger charge is -2.40. The molecule has 0 atom stereocenters. The minimum atomic E-state index is -0.846. The maximum Gasteiger partial charge on any atom is 0.307 e. The van der Waals surface area contributed by atoms with Crippen LogP contribution >= 0.6 is 0 Å². The Morgan fingerprint density at radius 1 is 1.06 bits per heavy atom. The van der Waals surface area contributed by atoms with Crippen LogP contribution in [0.3, 0.4) is 0 Å². The summed E-state index contributed by atoms with van der Waals surface area (Å²) in [4.78, 5) is 23.4. The predicted molar refractivity (Wildman–Crippen MR) is 134 cm³/mol. The number of aliphatic carboxylic acids is 1. The SMILES string of the molecule is Cc1nc(C)c(-c2ccc(OCc3ccccc3)nc2)c(N2CCC(C)(C)CC2)c1CC(=O)O. The highest BCUT2D eigenvalue weighted by molar-refractivity contribution is 5.86. The smallest absolute Gasteiger partial charge is 0.307 e. The first-order valence-corrected chi connectivity index (χ1v) is 11.8. The summed E-state index contributed by atoms with van der Waals surface area (Å²) in [6.45, 7) is 10.7. The number of ether oxygens (including phenoxy) is 1. The maximum absolute atomic E-state index is 11.8. The van der Waals surface area contributed by atoms with Crippen molar-refractivity contribution in [3.63, 3.8) is 0 Å². The zero-order valence-corrected chi connectivity index (χ0v) is 20.5. The molecule has 0 unspecified atom stereocenters. The van der Waals surface area contributed by atoms with E-state index in [1.165, 1.54) is 0 Å². The number of hydrogen-bond donors (Lipinski definition) is 1. The lowest BCUT2D eigenvalue weighted by atomic mass is 9.82. The number of aryl methyl sites for hydroxylation is 2. The van der Waals surface area contributed by atoms with Crippen LogP contribution in [0.15, 0.2) is 48.7 Å². The van der Waals surface area contributed by atoms with Crippen LogP contribution in [0.1, 0.15) is 49.2 Å². The second kappa shape index (κ2) is 9.84. The summed E-state index contributed by atoms with van der Waals surface area (Å²) in [5.41, 5.74) is 6.69. The quantitative estimate of drug-likeness (QED) is 0.496. The van der Waals surface area contributed by atoms with Crippen LogP contribution < -0.4 is 9.64 Å². The van der Waals surface area contributed by atoms with E-state index in [9.17, 15) is 9.90 Å². The van der Waals surface area contributed by atoms with Crippen molar-refractivity contribution < 1.29 is 14.6 Å². The lowest BCUT2D eigenvalue weighted by Crippen LogP contribution is -2.38. The molecule has 1 fully saturated rings. The molecule has 3 heterocycles. The number of benzene rings is 1. The molecule has 2 aromatic heterocycles. The van der Waals surface area contributed by atoms with Gasteiger partial charge in [0, 0.05) is 53.4 Å². The molecule has 4 rings (SSSR count). The summed E-state index contributed by atoms with van der Waals surface area (Å²) in [5, 5.41) is 9.64. The van der Waals surface area contributed by atoms with Crippen LogP contribution in [0.5, 0.6) is 5.88 Å². The van der Waals surface area contributed by atoms with Crippen LogP contribution in [0, 0.1) is 19.3 Å². The topological polar surface area (TPSA) is 75.6 Å². The first-order chi connectivity index (χ1) is 16.2. The minimum absolute atomic E-state index is 0.0486. The van der Waals surface area contributed by atoms with E-state index in [4.69, 9.17) is 9.72 Å². The Morgan fingerprint density at radius 2 is 1.76 bits per heavy atom. The Bertz CT molecular complexity index is 1150. The molecule has 0 bridgehead atoms. The fraction of sp³-hybridized carbons (Fsp3) is 0.393. The van der Waals surface area contributed by atoms with Gasteiger partial charge in [0.15, 0.2) is 0 Å². The van der Waals surface area contributed by atoms with Gasteiger partial charge in [0.1, 0.15) is 6.61 Å². The largest absolute Gasteiger partial charge is 0.481 e. The molecular weight excluding hydrogens is 426 g/mol. The van der Waals surface area contributed by atoms with E-state index >= 15 is 0 Å². The van der Waals surface area contributed by atoms with Gasteiger partial charge in [-0.2, -0.15) is 0 Å². The molecule has 178 valence electrons. The van der Waals surface area contributed by atoms with Gasteiger partial charge >= 0.3 is 5.97 Å². The van der Waals surface area contributed by atoms with Gasteiger partial charge in [-0.3, -0.25) is 9.78 Å². The molecule has 0 amide bonds. The van der Waals surface area contributed by atoms with Crippen molar-refractivity contribution in [1.29, 1.82) is 0 Å². The number of nitrogens with zero attached hydrogens (tertiary/aromatic N) is 3. The first-order valence-electron chi connectivity index (χ1n) is 11.8. The number of hydrogen-bond acceptors (Lipinski definition) is 5. The van der Waals surface area contributed by atoms with Gasteiger partial charge in [-0.1, -0.05) is 44.2 Å². The second-order valence-electron chi connectivity index (χ2n) is 9.87. The molecule has 1 aliphatic heterocycles. The molecule has 6 nitrogen and oxygen atoms in total. The molecule has 0 radical (unpaired) electrons.